The molecule has 0 aromatic rings. The summed E-state index contributed by atoms with van der Waals surface area (Å²) in [6, 6.07) is 0. The van der Waals surface area contributed by atoms with Gasteiger partial charge in [-0.2, -0.15) is 6.92 Å². The quantitative estimate of drug-likeness (QED) is 0.652. The second-order valence-electron chi connectivity index (χ2n) is 2.10. The Morgan fingerprint density at radius 3 is 1.90 bits per heavy atom. The van der Waals surface area contributed by atoms with E-state index < -0.39 is 0 Å². The first-order valence-electron chi connectivity index (χ1n) is 3.52. The maximum absolute atomic E-state index is 9.88. The molecule has 0 bridgehead atoms. The Labute approximate surface area is 87.3 Å². The van der Waals surface area contributed by atoms with Gasteiger partial charge in [-0.3, -0.25) is 6.29 Å². The molecule has 1 fully saturated rings. The minimum Gasteiger partial charge on any atom is -0.542 e. The zero-order chi connectivity index (χ0) is 7.11. The van der Waals surface area contributed by atoms with Crippen molar-refractivity contribution >= 4 is 6.29 Å². The molecule has 0 N–H and O–H groups in total. The number of hydrogen-bond donors (Lipinski definition) is 0. The summed E-state index contributed by atoms with van der Waals surface area (Å²) in [6.45, 7) is 5.00. The third kappa shape index (κ3) is 5.50. The molecule has 0 aromatic carbocycles. The summed E-state index contributed by atoms with van der Waals surface area (Å²) in [5.74, 6) is 0.292. The fourth-order valence-corrected chi connectivity index (χ4v) is 1.04. The van der Waals surface area contributed by atoms with E-state index in [0.717, 1.165) is 12.8 Å². The maximum atomic E-state index is 9.88. The Morgan fingerprint density at radius 1 is 1.30 bits per heavy atom. The Morgan fingerprint density at radius 2 is 1.70 bits per heavy atom. The number of rotatable bonds is 1. The topological polar surface area (TPSA) is 17.1 Å². The van der Waals surface area contributed by atoms with E-state index in [2.05, 4.69) is 6.92 Å². The van der Waals surface area contributed by atoms with E-state index in [4.69, 9.17) is 0 Å². The van der Waals surface area contributed by atoms with Crippen molar-refractivity contribution in [2.45, 2.75) is 32.6 Å². The first-order valence-corrected chi connectivity index (χ1v) is 3.52. The van der Waals surface area contributed by atoms with E-state index in [9.17, 15) is 4.79 Å². The molecule has 0 unspecified atom stereocenters. The molecule has 0 radical (unpaired) electrons. The summed E-state index contributed by atoms with van der Waals surface area (Å²) in [4.78, 5) is 9.88. The van der Waals surface area contributed by atoms with Gasteiger partial charge in [0, 0.05) is 0 Å². The Balaban J connectivity index is 0. The van der Waals surface area contributed by atoms with Crippen LogP contribution in [0.25, 0.3) is 0 Å². The van der Waals surface area contributed by atoms with Crippen molar-refractivity contribution in [1.29, 1.82) is 0 Å². The van der Waals surface area contributed by atoms with Crippen molar-refractivity contribution in [3.63, 3.8) is 0 Å². The summed E-state index contributed by atoms with van der Waals surface area (Å²) in [5, 5.41) is 0. The van der Waals surface area contributed by atoms with E-state index in [0.29, 0.717) is 5.92 Å². The number of carbonyl (C=O) groups excluding carboxylic acids is 1. The second-order valence-corrected chi connectivity index (χ2v) is 2.10. The largest absolute Gasteiger partial charge is 2.00 e. The minimum absolute atomic E-state index is 0. The average molecular weight is 364 g/mol. The molecule has 1 aliphatic rings. The van der Waals surface area contributed by atoms with Gasteiger partial charge in [0.15, 0.2) is 0 Å². The van der Waals surface area contributed by atoms with Gasteiger partial charge < -0.3 is 11.7 Å². The van der Waals surface area contributed by atoms with Crippen molar-refractivity contribution in [3.8, 4) is 0 Å². The van der Waals surface area contributed by atoms with Crippen LogP contribution in [0.1, 0.15) is 32.6 Å². The molecule has 0 heterocycles. The van der Waals surface area contributed by atoms with Crippen LogP contribution in [0.2, 0.25) is 0 Å². The molecule has 0 aliphatic heterocycles. The van der Waals surface area contributed by atoms with Crippen molar-refractivity contribution in [3.05, 3.63) is 6.92 Å². The van der Waals surface area contributed by atoms with Crippen molar-refractivity contribution < 1.29 is 35.9 Å². The fraction of sp³-hybridized carbons (Fsp3) is 0.750. The SMILES string of the molecule is O=[C-]C1CCCC1.[CH2-]C.[U+2]. The van der Waals surface area contributed by atoms with Gasteiger partial charge in [0.1, 0.15) is 0 Å². The minimum atomic E-state index is 0. The van der Waals surface area contributed by atoms with Gasteiger partial charge in [0.2, 0.25) is 0 Å². The monoisotopic (exact) mass is 364 g/mol. The van der Waals surface area contributed by atoms with Gasteiger partial charge in [0.25, 0.3) is 0 Å². The maximum Gasteiger partial charge on any atom is 2.00 e. The molecule has 1 saturated carbocycles. The molecule has 10 heavy (non-hydrogen) atoms. The van der Waals surface area contributed by atoms with Gasteiger partial charge in [-0.25, -0.2) is 0 Å². The zero-order valence-electron chi connectivity index (χ0n) is 6.52. The standard InChI is InChI=1S/C6H9O.C2H5.U/c7-5-6-3-1-2-4-6;1-2;/h6H,1-4H2;1H2,2H3;/q2*-1;+2. The van der Waals surface area contributed by atoms with Crippen LogP contribution in [0.3, 0.4) is 0 Å². The number of hydrogen-bond acceptors (Lipinski definition) is 1. The van der Waals surface area contributed by atoms with Crippen molar-refractivity contribution in [2.75, 3.05) is 0 Å². The molecule has 0 atom stereocenters. The van der Waals surface area contributed by atoms with Crippen LogP contribution >= 0.6 is 0 Å². The van der Waals surface area contributed by atoms with Crippen LogP contribution in [0.5, 0.6) is 0 Å². The summed E-state index contributed by atoms with van der Waals surface area (Å²) >= 11 is 0. The summed E-state index contributed by atoms with van der Waals surface area (Å²) in [7, 11) is 0. The van der Waals surface area contributed by atoms with Crippen LogP contribution in [0.15, 0.2) is 0 Å². The summed E-state index contributed by atoms with van der Waals surface area (Å²) in [6.07, 6.45) is 6.66. The van der Waals surface area contributed by atoms with E-state index in [1.54, 1.807) is 6.92 Å². The molecule has 56 valence electrons. The third-order valence-corrected chi connectivity index (χ3v) is 1.52. The summed E-state index contributed by atoms with van der Waals surface area (Å²) < 4.78 is 0. The van der Waals surface area contributed by atoms with Crippen LogP contribution in [-0.2, 0) is 4.79 Å². The van der Waals surface area contributed by atoms with E-state index in [-0.39, 0.29) is 31.1 Å². The molecule has 0 amide bonds. The Bertz CT molecular complexity index is 67.7. The fourth-order valence-electron chi connectivity index (χ4n) is 1.04. The van der Waals surface area contributed by atoms with E-state index in [1.165, 1.54) is 12.8 Å². The molecule has 1 aliphatic carbocycles. The molecule has 1 nitrogen and oxygen atoms in total. The third-order valence-electron chi connectivity index (χ3n) is 1.52. The Hall–Kier alpha value is 0.722. The molecule has 0 aromatic heterocycles. The van der Waals surface area contributed by atoms with Gasteiger partial charge in [-0.15, -0.1) is 5.92 Å². The zero-order valence-corrected chi connectivity index (χ0v) is 10.7. The first kappa shape index (κ1) is 13.3. The molecule has 0 spiro atoms. The molecule has 0 saturated heterocycles. The van der Waals surface area contributed by atoms with Gasteiger partial charge in [-0.1, -0.05) is 25.7 Å². The van der Waals surface area contributed by atoms with Gasteiger partial charge in [0.05, 0.1) is 0 Å². The molecular weight excluding hydrogens is 350 g/mol. The van der Waals surface area contributed by atoms with Crippen LogP contribution in [0, 0.1) is 44.0 Å². The Kier molecular flexibility index (Phi) is 13.0. The normalized spacial score (nSPS) is 16.6. The van der Waals surface area contributed by atoms with Crippen LogP contribution in [-0.4, -0.2) is 6.29 Å². The van der Waals surface area contributed by atoms with E-state index >= 15 is 0 Å². The van der Waals surface area contributed by atoms with Crippen LogP contribution < -0.4 is 0 Å². The second kappa shape index (κ2) is 9.72. The van der Waals surface area contributed by atoms with Gasteiger partial charge in [-0.05, 0) is 0 Å². The van der Waals surface area contributed by atoms with Gasteiger partial charge >= 0.3 is 31.1 Å². The van der Waals surface area contributed by atoms with Crippen molar-refractivity contribution in [2.24, 2.45) is 5.92 Å². The first-order chi connectivity index (χ1) is 4.43. The molecule has 2 heteroatoms. The van der Waals surface area contributed by atoms with Crippen LogP contribution in [0.4, 0.5) is 0 Å². The average Bonchev–Trinajstić information content (AvgIpc) is 2.43. The molecular formula is C8H14OU. The van der Waals surface area contributed by atoms with E-state index in [1.807, 2.05) is 6.29 Å². The predicted octanol–water partition coefficient (Wildman–Crippen LogP) is 2.13. The van der Waals surface area contributed by atoms with Crippen molar-refractivity contribution in [1.82, 2.24) is 0 Å². The smallest absolute Gasteiger partial charge is 0.542 e. The molecule has 1 rings (SSSR count). The summed E-state index contributed by atoms with van der Waals surface area (Å²) in [5.41, 5.74) is 0. The predicted molar refractivity (Wildman–Crippen MR) is 38.7 cm³/mol.